The van der Waals surface area contributed by atoms with Gasteiger partial charge >= 0.3 is 207 Å². The Morgan fingerprint density at radius 1 is 0.882 bits per heavy atom. The van der Waals surface area contributed by atoms with Crippen molar-refractivity contribution in [2.24, 2.45) is 0 Å². The fourth-order valence-corrected chi connectivity index (χ4v) is 14.2. The quantitative estimate of drug-likeness (QED) is 0.139. The Balaban J connectivity index is 2.23. The second-order valence-corrected chi connectivity index (χ2v) is 20.1. The van der Waals surface area contributed by atoms with Crippen LogP contribution in [0.1, 0.15) is 21.5 Å². The first kappa shape index (κ1) is 26.6. The monoisotopic (exact) mass is 620 g/mol. The van der Waals surface area contributed by atoms with Crippen molar-refractivity contribution in [1.82, 2.24) is 0 Å². The second kappa shape index (κ2) is 9.92. The normalized spacial score (nSPS) is 13.0. The molecular weight excluding hydrogens is 596 g/mol. The van der Waals surface area contributed by atoms with Crippen LogP contribution in [0.25, 0.3) is 0 Å². The van der Waals surface area contributed by atoms with Crippen LogP contribution < -0.4 is 5.19 Å². The zero-order valence-electron chi connectivity index (χ0n) is 19.0. The van der Waals surface area contributed by atoms with Crippen LogP contribution in [0.4, 0.5) is 13.2 Å². The van der Waals surface area contributed by atoms with Gasteiger partial charge in [-0.3, -0.25) is 0 Å². The van der Waals surface area contributed by atoms with Crippen molar-refractivity contribution in [2.45, 2.75) is 32.1 Å². The number of alkyl halides is 3. The molecule has 0 unspecified atom stereocenters. The third-order valence-electron chi connectivity index (χ3n) is 4.90. The van der Waals surface area contributed by atoms with Crippen LogP contribution in [0, 0.1) is 14.1 Å². The van der Waals surface area contributed by atoms with Gasteiger partial charge in [0.2, 0.25) is 0 Å². The summed E-state index contributed by atoms with van der Waals surface area (Å²) in [7, 11) is -8.01. The predicted molar refractivity (Wildman–Crippen MR) is 138 cm³/mol. The molecule has 0 radical (unpaired) electrons. The number of halogens is 4. The molecule has 0 spiro atoms. The molecule has 34 heavy (non-hydrogen) atoms. The topological polar surface area (TPSA) is 60.4 Å². The molecule has 0 heterocycles. The van der Waals surface area contributed by atoms with Crippen LogP contribution in [-0.2, 0) is 12.6 Å². The molecule has 0 aliphatic rings. The molecule has 10 heteroatoms. The summed E-state index contributed by atoms with van der Waals surface area (Å²) in [5, 5.41) is 0.763. The molecule has 3 aromatic rings. The molecule has 0 N–H and O–H groups in total. The Morgan fingerprint density at radius 2 is 1.44 bits per heavy atom. The summed E-state index contributed by atoms with van der Waals surface area (Å²) in [4.78, 5) is 13.2. The number of hydrogen-bond acceptors (Lipinski definition) is 4. The first-order valence-corrected chi connectivity index (χ1v) is 18.2. The molecule has 3 aromatic carbocycles. The molecule has 0 aliphatic heterocycles. The summed E-state index contributed by atoms with van der Waals surface area (Å²) in [6.45, 7) is 7.91. The molecule has 0 bridgehead atoms. The van der Waals surface area contributed by atoms with Crippen molar-refractivity contribution in [3.8, 4) is 0 Å². The van der Waals surface area contributed by atoms with E-state index in [0.29, 0.717) is 12.7 Å². The van der Waals surface area contributed by atoms with Crippen molar-refractivity contribution in [3.63, 3.8) is 0 Å². The van der Waals surface area contributed by atoms with Crippen LogP contribution in [0.5, 0.6) is 0 Å². The van der Waals surface area contributed by atoms with Crippen molar-refractivity contribution in [1.29, 1.82) is 0 Å². The second-order valence-electron chi connectivity index (χ2n) is 8.65. The van der Waals surface area contributed by atoms with Gasteiger partial charge in [0.1, 0.15) is 0 Å². The van der Waals surface area contributed by atoms with Crippen molar-refractivity contribution in [2.75, 3.05) is 0 Å². The van der Waals surface area contributed by atoms with E-state index >= 15 is 0 Å². The van der Waals surface area contributed by atoms with E-state index in [1.54, 1.807) is 66.7 Å². The minimum absolute atomic E-state index is 0.270. The Labute approximate surface area is 206 Å². The average molecular weight is 621 g/mol. The van der Waals surface area contributed by atoms with E-state index in [-0.39, 0.29) is 11.3 Å². The first-order chi connectivity index (χ1) is 15.7. The number of aryl methyl sites for hydroxylation is 1. The number of rotatable bonds is 7. The summed E-state index contributed by atoms with van der Waals surface area (Å²) >= 11 is -3.65. The van der Waals surface area contributed by atoms with Gasteiger partial charge in [-0.2, -0.15) is 0 Å². The first-order valence-electron chi connectivity index (χ1n) is 10.2. The van der Waals surface area contributed by atoms with Gasteiger partial charge in [0.05, 0.1) is 0 Å². The van der Waals surface area contributed by atoms with Gasteiger partial charge in [-0.05, 0) is 0 Å². The SMILES string of the molecule is Cc1ccc(C(=O)c2ccc([Si](C)(C)C)c(I(OS(=O)(=O)C(F)(F)F)c3ccccc3)c2)cc1. The van der Waals surface area contributed by atoms with Gasteiger partial charge < -0.3 is 0 Å². The van der Waals surface area contributed by atoms with E-state index in [2.05, 4.69) is 0 Å². The maximum absolute atomic E-state index is 13.3. The number of hydrogen-bond donors (Lipinski definition) is 0. The van der Waals surface area contributed by atoms with E-state index in [9.17, 15) is 26.4 Å². The molecule has 0 fully saturated rings. The van der Waals surface area contributed by atoms with Crippen LogP contribution in [-0.4, -0.2) is 27.8 Å². The van der Waals surface area contributed by atoms with Gasteiger partial charge in [-0.25, -0.2) is 0 Å². The van der Waals surface area contributed by atoms with Crippen molar-refractivity contribution in [3.05, 3.63) is 96.6 Å². The van der Waals surface area contributed by atoms with E-state index in [1.807, 2.05) is 26.6 Å². The third-order valence-corrected chi connectivity index (χ3v) is 14.6. The number of carbonyl (C=O) groups is 1. The summed E-state index contributed by atoms with van der Waals surface area (Å²) in [6.07, 6.45) is 0. The summed E-state index contributed by atoms with van der Waals surface area (Å²) < 4.78 is 69.8. The molecule has 0 saturated heterocycles. The maximum atomic E-state index is 13.3. The molecule has 3 rings (SSSR count). The molecule has 182 valence electrons. The van der Waals surface area contributed by atoms with Gasteiger partial charge in [-0.1, -0.05) is 0 Å². The van der Waals surface area contributed by atoms with Gasteiger partial charge in [0.25, 0.3) is 0 Å². The Bertz CT molecular complexity index is 1290. The van der Waals surface area contributed by atoms with Crippen LogP contribution >= 0.6 is 20.2 Å². The Hall–Kier alpha value is -2.02. The van der Waals surface area contributed by atoms with Crippen molar-refractivity contribution < 1.29 is 28.9 Å². The van der Waals surface area contributed by atoms with Crippen LogP contribution in [0.15, 0.2) is 72.8 Å². The number of ketones is 1. The standard InChI is InChI=1S/C24H24F3IO4SSi/c1-17-10-12-18(13-11-17)23(29)19-14-15-22(34(2,3)4)21(16-19)28(20-8-6-5-7-9-20)32-33(30,31)24(25,26)27/h5-16H,1-4H3. The van der Waals surface area contributed by atoms with Gasteiger partial charge in [0, 0.05) is 0 Å². The molecule has 4 nitrogen and oxygen atoms in total. The fraction of sp³-hybridized carbons (Fsp3) is 0.208. The predicted octanol–water partition coefficient (Wildman–Crippen LogP) is 6.10. The minimum atomic E-state index is -5.85. The Morgan fingerprint density at radius 3 is 1.97 bits per heavy atom. The summed E-state index contributed by atoms with van der Waals surface area (Å²) in [6, 6.07) is 19.9. The average Bonchev–Trinajstić information content (AvgIpc) is 2.76. The van der Waals surface area contributed by atoms with Crippen LogP contribution in [0.2, 0.25) is 19.6 Å². The zero-order chi connectivity index (χ0) is 25.3. The zero-order valence-corrected chi connectivity index (χ0v) is 23.0. The van der Waals surface area contributed by atoms with Crippen LogP contribution in [0.3, 0.4) is 0 Å². The van der Waals surface area contributed by atoms with E-state index in [0.717, 1.165) is 10.8 Å². The Kier molecular flexibility index (Phi) is 7.75. The molecule has 0 atom stereocenters. The number of benzene rings is 3. The van der Waals surface area contributed by atoms with E-state index in [4.69, 9.17) is 2.51 Å². The summed E-state index contributed by atoms with van der Waals surface area (Å²) in [5.41, 5.74) is -3.87. The van der Waals surface area contributed by atoms with Gasteiger partial charge in [-0.15, -0.1) is 0 Å². The number of carbonyl (C=O) groups excluding carboxylic acids is 1. The molecule has 0 aromatic heterocycles. The van der Waals surface area contributed by atoms with E-state index < -0.39 is 43.9 Å². The van der Waals surface area contributed by atoms with E-state index in [1.165, 1.54) is 6.07 Å². The fourth-order valence-electron chi connectivity index (χ4n) is 3.11. The van der Waals surface area contributed by atoms with Crippen molar-refractivity contribution >= 4 is 49.4 Å². The summed E-state index contributed by atoms with van der Waals surface area (Å²) in [5.74, 6) is -0.300. The third kappa shape index (κ3) is 5.96. The molecular formula is C24H24F3IO4SSi. The van der Waals surface area contributed by atoms with Gasteiger partial charge in [0.15, 0.2) is 0 Å². The molecule has 0 aliphatic carbocycles. The molecule has 0 saturated carbocycles. The molecule has 0 amide bonds.